The van der Waals surface area contributed by atoms with Gasteiger partial charge in [-0.25, -0.2) is 4.89 Å². The maximum atomic E-state index is 4.56. The molecule has 0 N–H and O–H groups in total. The SMILES string of the molecule is CC(C)COOO[SiH3]. The van der Waals surface area contributed by atoms with Crippen molar-refractivity contribution in [2.75, 3.05) is 6.61 Å². The lowest BCUT2D eigenvalue weighted by atomic mass is 10.2. The lowest BCUT2D eigenvalue weighted by Gasteiger charge is -2.01. The minimum Gasteiger partial charge on any atom is -0.269 e. The summed E-state index contributed by atoms with van der Waals surface area (Å²) >= 11 is 0. The average molecular weight is 136 g/mol. The van der Waals surface area contributed by atoms with Gasteiger partial charge in [-0.3, -0.25) is 4.58 Å². The van der Waals surface area contributed by atoms with Gasteiger partial charge in [-0.15, -0.1) is 0 Å². The molecule has 0 spiro atoms. The maximum absolute atomic E-state index is 4.56. The Bertz CT molecular complexity index is 48.5. The molecule has 0 aromatic carbocycles. The van der Waals surface area contributed by atoms with Crippen molar-refractivity contribution in [3.05, 3.63) is 0 Å². The summed E-state index contributed by atoms with van der Waals surface area (Å²) < 4.78 is 4.31. The summed E-state index contributed by atoms with van der Waals surface area (Å²) in [6, 6.07) is 0. The van der Waals surface area contributed by atoms with Crippen molar-refractivity contribution in [3.63, 3.8) is 0 Å². The molecule has 0 rings (SSSR count). The zero-order valence-corrected chi connectivity index (χ0v) is 7.51. The van der Waals surface area contributed by atoms with Crippen LogP contribution in [0.15, 0.2) is 0 Å². The van der Waals surface area contributed by atoms with Gasteiger partial charge in [0.25, 0.3) is 0 Å². The van der Waals surface area contributed by atoms with Gasteiger partial charge < -0.3 is 0 Å². The van der Waals surface area contributed by atoms with Gasteiger partial charge in [0.05, 0.1) is 6.61 Å². The lowest BCUT2D eigenvalue weighted by Crippen LogP contribution is -2.02. The summed E-state index contributed by atoms with van der Waals surface area (Å²) in [5.74, 6) is 0.492. The highest BCUT2D eigenvalue weighted by atomic mass is 28.2. The monoisotopic (exact) mass is 136 g/mol. The lowest BCUT2D eigenvalue weighted by molar-refractivity contribution is -0.469. The molecule has 0 saturated carbocycles. The van der Waals surface area contributed by atoms with Crippen molar-refractivity contribution in [1.82, 2.24) is 0 Å². The zero-order valence-electron chi connectivity index (χ0n) is 5.51. The van der Waals surface area contributed by atoms with Crippen molar-refractivity contribution in [1.29, 1.82) is 0 Å². The topological polar surface area (TPSA) is 27.7 Å². The summed E-state index contributed by atoms with van der Waals surface area (Å²) in [6.07, 6.45) is 0. The predicted octanol–water partition coefficient (Wildman–Crippen LogP) is -0.197. The first-order valence-electron chi connectivity index (χ1n) is 2.59. The third kappa shape index (κ3) is 6.10. The Kier molecular flexibility index (Phi) is 5.30. The van der Waals surface area contributed by atoms with Crippen LogP contribution in [0.2, 0.25) is 0 Å². The van der Waals surface area contributed by atoms with Gasteiger partial charge in [0, 0.05) is 0 Å². The largest absolute Gasteiger partial charge is 0.269 e. The fourth-order valence-corrected chi connectivity index (χ4v) is 0.308. The van der Waals surface area contributed by atoms with Gasteiger partial charge >= 0.3 is 0 Å². The van der Waals surface area contributed by atoms with Gasteiger partial charge in [-0.2, -0.15) is 0 Å². The van der Waals surface area contributed by atoms with E-state index in [0.717, 1.165) is 0 Å². The van der Waals surface area contributed by atoms with Crippen LogP contribution in [0.4, 0.5) is 0 Å². The molecule has 8 heavy (non-hydrogen) atoms. The smallest absolute Gasteiger partial charge is 0.197 e. The summed E-state index contributed by atoms with van der Waals surface area (Å²) in [5.41, 5.74) is 0. The van der Waals surface area contributed by atoms with Crippen LogP contribution in [0.25, 0.3) is 0 Å². The van der Waals surface area contributed by atoms with E-state index in [1.54, 1.807) is 0 Å². The average Bonchev–Trinajstić information content (AvgIpc) is 1.66. The number of hydrogen-bond donors (Lipinski definition) is 0. The predicted molar refractivity (Wildman–Crippen MR) is 32.9 cm³/mol. The van der Waals surface area contributed by atoms with Crippen molar-refractivity contribution in [2.45, 2.75) is 13.8 Å². The Morgan fingerprint density at radius 3 is 2.50 bits per heavy atom. The molecule has 0 unspecified atom stereocenters. The van der Waals surface area contributed by atoms with Crippen LogP contribution in [0.5, 0.6) is 0 Å². The van der Waals surface area contributed by atoms with Crippen LogP contribution in [-0.4, -0.2) is 17.1 Å². The molecule has 0 aliphatic heterocycles. The molecule has 0 aromatic heterocycles. The second-order valence-electron chi connectivity index (χ2n) is 1.91. The summed E-state index contributed by atoms with van der Waals surface area (Å²) in [6.45, 7) is 4.66. The van der Waals surface area contributed by atoms with Gasteiger partial charge in [0.2, 0.25) is 0 Å². The second kappa shape index (κ2) is 5.24. The molecule has 50 valence electrons. The van der Waals surface area contributed by atoms with Crippen LogP contribution >= 0.6 is 0 Å². The standard InChI is InChI=1S/C4H12O3Si/c1-4(2)3-5-6-7-8/h4H,3H2,1-2,8H3. The van der Waals surface area contributed by atoms with E-state index >= 15 is 0 Å². The Hall–Kier alpha value is 0.0969. The summed E-state index contributed by atoms with van der Waals surface area (Å²) in [7, 11) is 0.552. The summed E-state index contributed by atoms with van der Waals surface area (Å²) in [5, 5.41) is 4.21. The van der Waals surface area contributed by atoms with Crippen LogP contribution in [0, 0.1) is 5.92 Å². The van der Waals surface area contributed by atoms with Crippen molar-refractivity contribution >= 4 is 10.5 Å². The van der Waals surface area contributed by atoms with Gasteiger partial charge in [0.15, 0.2) is 10.5 Å². The fourth-order valence-electron chi connectivity index (χ4n) is 0.212. The molecule has 0 atom stereocenters. The first-order valence-corrected chi connectivity index (χ1v) is 3.41. The van der Waals surface area contributed by atoms with E-state index in [9.17, 15) is 0 Å². The minimum atomic E-state index is 0.492. The molecule has 0 bridgehead atoms. The van der Waals surface area contributed by atoms with Crippen molar-refractivity contribution in [3.8, 4) is 0 Å². The van der Waals surface area contributed by atoms with E-state index in [4.69, 9.17) is 0 Å². The van der Waals surface area contributed by atoms with E-state index < -0.39 is 0 Å². The first-order chi connectivity index (χ1) is 3.77. The van der Waals surface area contributed by atoms with Gasteiger partial charge in [-0.05, 0) is 5.92 Å². The summed E-state index contributed by atoms with van der Waals surface area (Å²) in [4.78, 5) is 4.56. The Morgan fingerprint density at radius 2 is 2.12 bits per heavy atom. The van der Waals surface area contributed by atoms with Crippen molar-refractivity contribution in [2.24, 2.45) is 5.92 Å². The minimum absolute atomic E-state index is 0.492. The van der Waals surface area contributed by atoms with Crippen LogP contribution < -0.4 is 0 Å². The molecule has 0 aliphatic carbocycles. The van der Waals surface area contributed by atoms with Crippen LogP contribution in [-0.2, 0) is 14.5 Å². The molecule has 0 fully saturated rings. The first kappa shape index (κ1) is 8.10. The Labute approximate surface area is 52.3 Å². The molecule has 0 saturated heterocycles. The maximum Gasteiger partial charge on any atom is 0.197 e. The molecule has 0 amide bonds. The highest BCUT2D eigenvalue weighted by Crippen LogP contribution is 1.91. The van der Waals surface area contributed by atoms with E-state index in [1.807, 2.05) is 13.8 Å². The quantitative estimate of drug-likeness (QED) is 0.232. The Morgan fingerprint density at radius 1 is 1.50 bits per heavy atom. The molecule has 0 aliphatic rings. The fraction of sp³-hybridized carbons (Fsp3) is 1.00. The third-order valence-electron chi connectivity index (χ3n) is 0.518. The molecule has 0 radical (unpaired) electrons. The Balaban J connectivity index is 2.72. The van der Waals surface area contributed by atoms with Crippen molar-refractivity contribution < 1.29 is 14.5 Å². The van der Waals surface area contributed by atoms with Gasteiger partial charge in [0.1, 0.15) is 0 Å². The van der Waals surface area contributed by atoms with E-state index in [2.05, 4.69) is 14.5 Å². The van der Waals surface area contributed by atoms with Crippen LogP contribution in [0.1, 0.15) is 13.8 Å². The van der Waals surface area contributed by atoms with E-state index in [1.165, 1.54) is 0 Å². The molecular formula is C4H12O3Si. The van der Waals surface area contributed by atoms with E-state index in [0.29, 0.717) is 23.0 Å². The highest BCUT2D eigenvalue weighted by Gasteiger charge is 1.91. The second-order valence-corrected chi connectivity index (χ2v) is 2.25. The molecule has 4 heteroatoms. The molecule has 3 nitrogen and oxygen atoms in total. The number of hydrogen-bond acceptors (Lipinski definition) is 3. The number of rotatable bonds is 4. The molecule has 0 aromatic rings. The van der Waals surface area contributed by atoms with Crippen LogP contribution in [0.3, 0.4) is 0 Å². The third-order valence-corrected chi connectivity index (χ3v) is 0.654. The normalized spacial score (nSPS) is 10.9. The highest BCUT2D eigenvalue weighted by molar-refractivity contribution is 5.97. The zero-order chi connectivity index (χ0) is 6.41. The van der Waals surface area contributed by atoms with Gasteiger partial charge in [-0.1, -0.05) is 18.9 Å². The molecule has 0 heterocycles. The molecular weight excluding hydrogens is 124 g/mol. The van der Waals surface area contributed by atoms with E-state index in [-0.39, 0.29) is 0 Å².